The van der Waals surface area contributed by atoms with Crippen LogP contribution in [0, 0.1) is 0 Å². The maximum atomic E-state index is 9.45. The minimum absolute atomic E-state index is 0.0383. The normalized spacial score (nSPS) is 11.3. The van der Waals surface area contributed by atoms with E-state index >= 15 is 0 Å². The molecule has 7 aromatic carbocycles. The monoisotopic (exact) mass is 1640 g/mol. The number of aliphatic hydroxyl groups is 3. The van der Waals surface area contributed by atoms with Crippen molar-refractivity contribution >= 4 is 0 Å². The predicted molar refractivity (Wildman–Crippen MR) is 480 cm³/mol. The van der Waals surface area contributed by atoms with Crippen LogP contribution in [-0.2, 0) is 59.1 Å². The highest BCUT2D eigenvalue weighted by Gasteiger charge is 2.21. The maximum Gasteiger partial charge on any atom is 0.210 e. The standard InChI is InChI=1S/C111H96N12O3/c124-82-88-7-19-109(20-8-88)121-67-43-103(44-68-121)100-37-61-118(62-38-100)106-13-1-85(2-14-106)76-112-49-25-94(26-50-112)97-31-55-115(56-32-97)79-91-73-92(80-116-57-33-98(34-58-116)95-27-51-113(52-28-95)77-86-3-15-107(16-4-86)119-63-39-101(40-64-119)104-45-69-122(70-46-104)110-21-9-89(83-125)10-22-110)75-93(74-91)81-117-59-35-99(36-60-117)96-29-53-114(54-30-96)78-87-5-17-108(18-6-87)120-65-41-102(42-66-120)105-47-71-123(72-48-105)111-23-11-90(84-126)12-24-111/h1-75,124-126H,76-84H2/q+12. The van der Waals surface area contributed by atoms with Gasteiger partial charge in [-0.25, -0.2) is 27.4 Å². The molecule has 0 unspecified atom stereocenters. The lowest BCUT2D eigenvalue weighted by atomic mass is 10.0. The Morgan fingerprint density at radius 1 is 0.127 bits per heavy atom. The van der Waals surface area contributed by atoms with Crippen molar-refractivity contribution in [3.63, 3.8) is 0 Å². The molecule has 606 valence electrons. The zero-order valence-electron chi connectivity index (χ0n) is 69.9. The van der Waals surface area contributed by atoms with Crippen LogP contribution in [0.4, 0.5) is 0 Å². The van der Waals surface area contributed by atoms with Gasteiger partial charge in [0.1, 0.15) is 0 Å². The number of rotatable bonds is 27. The maximum absolute atomic E-state index is 9.45. The molecule has 0 fully saturated rings. The Morgan fingerprint density at radius 3 is 0.381 bits per heavy atom. The van der Waals surface area contributed by atoms with Gasteiger partial charge >= 0.3 is 0 Å². The lowest BCUT2D eigenvalue weighted by molar-refractivity contribution is -0.690. The Kier molecular flexibility index (Phi) is 23.7. The highest BCUT2D eigenvalue weighted by atomic mass is 16.3. The fourth-order valence-electron chi connectivity index (χ4n) is 16.3. The fraction of sp³-hybridized carbons (Fsp3) is 0.0811. The Bertz CT molecular complexity index is 6200. The number of hydrogen-bond acceptors (Lipinski definition) is 3. The Labute approximate surface area is 733 Å². The van der Waals surface area contributed by atoms with Crippen LogP contribution in [0.15, 0.2) is 458 Å². The van der Waals surface area contributed by atoms with Gasteiger partial charge in [-0.3, -0.25) is 0 Å². The van der Waals surface area contributed by atoms with Gasteiger partial charge in [0.2, 0.25) is 34.1 Å². The van der Waals surface area contributed by atoms with Crippen LogP contribution in [0.3, 0.4) is 0 Å². The largest absolute Gasteiger partial charge is 0.392 e. The topological polar surface area (TPSA) is 107 Å². The van der Waals surface area contributed by atoms with Crippen molar-refractivity contribution < 1.29 is 70.1 Å². The van der Waals surface area contributed by atoms with E-state index in [1.165, 1.54) is 33.4 Å². The summed E-state index contributed by atoms with van der Waals surface area (Å²) in [5.41, 5.74) is 30.4. The summed E-state index contributed by atoms with van der Waals surface area (Å²) in [4.78, 5) is 0. The quantitative estimate of drug-likeness (QED) is 0.0447. The first kappa shape index (κ1) is 80.0. The Morgan fingerprint density at radius 2 is 0.246 bits per heavy atom. The van der Waals surface area contributed by atoms with Crippen LogP contribution in [-0.4, -0.2) is 15.3 Å². The summed E-state index contributed by atoms with van der Waals surface area (Å²) in [7, 11) is 0. The van der Waals surface area contributed by atoms with E-state index in [0.29, 0.717) is 19.6 Å². The second-order valence-corrected chi connectivity index (χ2v) is 32.2. The number of aromatic nitrogens is 12. The molecule has 15 nitrogen and oxygen atoms in total. The zero-order chi connectivity index (χ0) is 84.9. The van der Waals surface area contributed by atoms with Gasteiger partial charge in [0, 0.05) is 252 Å². The van der Waals surface area contributed by atoms with Crippen LogP contribution in [0.25, 0.3) is 101 Å². The number of pyridine rings is 12. The van der Waals surface area contributed by atoms with Gasteiger partial charge in [0.25, 0.3) is 0 Å². The Hall–Kier alpha value is -15.8. The third-order valence-corrected chi connectivity index (χ3v) is 23.6. The molecule has 0 aliphatic rings. The lowest BCUT2D eigenvalue weighted by Crippen LogP contribution is -2.36. The van der Waals surface area contributed by atoms with E-state index in [4.69, 9.17) is 0 Å². The smallest absolute Gasteiger partial charge is 0.210 e. The summed E-state index contributed by atoms with van der Waals surface area (Å²) in [5.74, 6) is 0. The average molecular weight is 1650 g/mol. The molecule has 0 aliphatic carbocycles. The van der Waals surface area contributed by atoms with Gasteiger partial charge in [-0.1, -0.05) is 36.4 Å². The third kappa shape index (κ3) is 19.3. The van der Waals surface area contributed by atoms with E-state index < -0.39 is 0 Å². The molecule has 0 bridgehead atoms. The summed E-state index contributed by atoms with van der Waals surface area (Å²) in [6.45, 7) is 4.54. The fourth-order valence-corrected chi connectivity index (χ4v) is 16.3. The van der Waals surface area contributed by atoms with Crippen molar-refractivity contribution in [1.82, 2.24) is 0 Å². The first-order valence-corrected chi connectivity index (χ1v) is 42.7. The molecule has 0 amide bonds. The highest BCUT2D eigenvalue weighted by Crippen LogP contribution is 2.25. The summed E-state index contributed by atoms with van der Waals surface area (Å²) in [6.07, 6.45) is 51.4. The molecule has 0 saturated carbocycles. The number of hydrogen-bond donors (Lipinski definition) is 3. The summed E-state index contributed by atoms with van der Waals surface area (Å²) < 4.78 is 26.2. The number of benzene rings is 7. The minimum Gasteiger partial charge on any atom is -0.392 e. The van der Waals surface area contributed by atoms with Crippen molar-refractivity contribution in [2.24, 2.45) is 0 Å². The molecule has 0 radical (unpaired) electrons. The summed E-state index contributed by atoms with van der Waals surface area (Å²) >= 11 is 0. The average Bonchev–Trinajstić information content (AvgIpc) is 0.833. The second kappa shape index (κ2) is 37.3. The lowest BCUT2D eigenvalue weighted by Gasteiger charge is -2.08. The zero-order valence-corrected chi connectivity index (χ0v) is 69.9. The molecule has 19 rings (SSSR count). The van der Waals surface area contributed by atoms with Gasteiger partial charge in [-0.2, -0.15) is 27.4 Å². The Balaban J connectivity index is 0.493. The molecule has 0 spiro atoms. The molecule has 0 atom stereocenters. The van der Waals surface area contributed by atoms with E-state index in [1.54, 1.807) is 0 Å². The predicted octanol–water partition coefficient (Wildman–Crippen LogP) is 13.8. The number of nitrogens with zero attached hydrogens (tertiary/aromatic N) is 12. The molecular weight excluding hydrogens is 1550 g/mol. The second-order valence-electron chi connectivity index (χ2n) is 32.2. The van der Waals surface area contributed by atoms with Gasteiger partial charge in [0.05, 0.1) is 19.8 Å². The molecular formula is C111H96N12O3+12. The first-order valence-electron chi connectivity index (χ1n) is 42.7. The first-order chi connectivity index (χ1) is 62.1. The summed E-state index contributed by atoms with van der Waals surface area (Å²) in [5, 5.41) is 28.4. The third-order valence-electron chi connectivity index (χ3n) is 23.6. The van der Waals surface area contributed by atoms with E-state index in [0.717, 1.165) is 137 Å². The van der Waals surface area contributed by atoms with Crippen LogP contribution in [0.2, 0.25) is 0 Å². The molecule has 126 heavy (non-hydrogen) atoms. The van der Waals surface area contributed by atoms with E-state index in [1.807, 2.05) is 72.8 Å². The van der Waals surface area contributed by atoms with Crippen molar-refractivity contribution in [1.29, 1.82) is 0 Å². The van der Waals surface area contributed by atoms with Crippen molar-refractivity contribution in [3.05, 3.63) is 508 Å². The van der Waals surface area contributed by atoms with Crippen LogP contribution >= 0.6 is 0 Å². The van der Waals surface area contributed by atoms with E-state index in [9.17, 15) is 15.3 Å². The van der Waals surface area contributed by atoms with E-state index in [2.05, 4.69) is 440 Å². The van der Waals surface area contributed by atoms with Crippen LogP contribution in [0.1, 0.15) is 50.1 Å². The van der Waals surface area contributed by atoms with Gasteiger partial charge in [-0.05, 0) is 138 Å². The molecule has 19 aromatic rings. The van der Waals surface area contributed by atoms with Gasteiger partial charge in [-0.15, -0.1) is 0 Å². The van der Waals surface area contributed by atoms with Crippen molar-refractivity contribution in [3.8, 4) is 101 Å². The molecule has 3 N–H and O–H groups in total. The molecule has 12 heterocycles. The molecule has 0 saturated heterocycles. The summed E-state index contributed by atoms with van der Waals surface area (Å²) in [6, 6.07) is 110. The van der Waals surface area contributed by atoms with Gasteiger partial charge in [0.15, 0.2) is 188 Å². The number of aliphatic hydroxyl groups excluding tert-OH is 3. The van der Waals surface area contributed by atoms with Crippen molar-refractivity contribution in [2.45, 2.75) is 59.1 Å². The van der Waals surface area contributed by atoms with Crippen molar-refractivity contribution in [2.75, 3.05) is 0 Å². The minimum atomic E-state index is 0.0383. The molecule has 15 heteroatoms. The van der Waals surface area contributed by atoms with Crippen LogP contribution in [0.5, 0.6) is 0 Å². The SMILES string of the molecule is OCc1ccc(-[n+]2ccc(-c3cc[n+](-c4ccc(C[n+]5ccc(-c6cc[n+](Cc7cc(C[n+]8ccc(-c9cc[n+](Cc%10ccc(-[n+]%11ccc(-c%12cc[n+](-c%13ccc(CO)cc%13)cc%12)cc%11)cc%10)cc9)cc8)cc(C[n+]8ccc(-c9cc[n+](Cc%10ccc(-[n+]%11ccc(-c%12cc[n+](-c%13ccc(CO)cc%13)cc%12)cc%11)cc%10)cc9)cc8)c7)cc6)cc5)cc4)cc3)cc2)cc1. The highest BCUT2D eigenvalue weighted by molar-refractivity contribution is 5.65. The molecule has 0 aliphatic heterocycles. The van der Waals surface area contributed by atoms with E-state index in [-0.39, 0.29) is 19.8 Å². The van der Waals surface area contributed by atoms with Crippen LogP contribution < -0.4 is 54.8 Å². The van der Waals surface area contributed by atoms with Gasteiger partial charge < -0.3 is 15.3 Å². The molecule has 12 aromatic heterocycles.